The van der Waals surface area contributed by atoms with E-state index in [2.05, 4.69) is 20.5 Å². The summed E-state index contributed by atoms with van der Waals surface area (Å²) in [5, 5.41) is 6.50. The SMILES string of the molecule is CN=C(NCCC(=O)NC1CCCCC1)N1CCOC(C2CCCO2)C1. The van der Waals surface area contributed by atoms with Crippen LogP contribution >= 0.6 is 0 Å². The summed E-state index contributed by atoms with van der Waals surface area (Å²) in [7, 11) is 1.79. The monoisotopic (exact) mass is 366 g/mol. The van der Waals surface area contributed by atoms with Crippen LogP contribution in [0.2, 0.25) is 0 Å². The van der Waals surface area contributed by atoms with Gasteiger partial charge in [-0.05, 0) is 25.7 Å². The van der Waals surface area contributed by atoms with Crippen molar-refractivity contribution in [3.63, 3.8) is 0 Å². The second kappa shape index (κ2) is 10.1. The first-order valence-corrected chi connectivity index (χ1v) is 10.2. The Morgan fingerprint density at radius 2 is 1.88 bits per heavy atom. The lowest BCUT2D eigenvalue weighted by atomic mass is 9.95. The molecular formula is C19H34N4O3. The Labute approximate surface area is 156 Å². The van der Waals surface area contributed by atoms with E-state index in [9.17, 15) is 4.79 Å². The van der Waals surface area contributed by atoms with Gasteiger partial charge in [-0.15, -0.1) is 0 Å². The van der Waals surface area contributed by atoms with Gasteiger partial charge in [0.2, 0.25) is 5.91 Å². The molecule has 1 amide bonds. The van der Waals surface area contributed by atoms with E-state index >= 15 is 0 Å². The number of hydrogen-bond acceptors (Lipinski definition) is 4. The van der Waals surface area contributed by atoms with E-state index in [1.807, 2.05) is 0 Å². The molecule has 0 aromatic carbocycles. The lowest BCUT2D eigenvalue weighted by Crippen LogP contribution is -2.53. The summed E-state index contributed by atoms with van der Waals surface area (Å²) in [6.07, 6.45) is 9.01. The first-order valence-electron chi connectivity index (χ1n) is 10.2. The normalized spacial score (nSPS) is 28.2. The third kappa shape index (κ3) is 5.58. The Bertz CT molecular complexity index is 473. The summed E-state index contributed by atoms with van der Waals surface area (Å²) in [5.74, 6) is 0.987. The Balaban J connectivity index is 1.38. The number of carbonyl (C=O) groups excluding carboxylic acids is 1. The number of amides is 1. The maximum Gasteiger partial charge on any atom is 0.221 e. The van der Waals surface area contributed by atoms with Crippen molar-refractivity contribution in [2.45, 2.75) is 69.6 Å². The van der Waals surface area contributed by atoms with Gasteiger partial charge < -0.3 is 25.0 Å². The van der Waals surface area contributed by atoms with Gasteiger partial charge >= 0.3 is 0 Å². The highest BCUT2D eigenvalue weighted by Crippen LogP contribution is 2.21. The smallest absolute Gasteiger partial charge is 0.221 e. The first-order chi connectivity index (χ1) is 12.8. The molecule has 0 spiro atoms. The van der Waals surface area contributed by atoms with Crippen molar-refractivity contribution < 1.29 is 14.3 Å². The quantitative estimate of drug-likeness (QED) is 0.566. The topological polar surface area (TPSA) is 75.2 Å². The predicted molar refractivity (Wildman–Crippen MR) is 101 cm³/mol. The lowest BCUT2D eigenvalue weighted by molar-refractivity contribution is -0.121. The highest BCUT2D eigenvalue weighted by molar-refractivity contribution is 5.81. The zero-order valence-corrected chi connectivity index (χ0v) is 16.0. The van der Waals surface area contributed by atoms with Gasteiger partial charge in [-0.3, -0.25) is 9.79 Å². The predicted octanol–water partition coefficient (Wildman–Crippen LogP) is 1.28. The summed E-state index contributed by atoms with van der Waals surface area (Å²) >= 11 is 0. The maximum absolute atomic E-state index is 12.1. The molecule has 3 rings (SSSR count). The van der Waals surface area contributed by atoms with Crippen molar-refractivity contribution in [2.24, 2.45) is 4.99 Å². The zero-order chi connectivity index (χ0) is 18.2. The van der Waals surface area contributed by atoms with Gasteiger partial charge in [0.05, 0.1) is 12.7 Å². The molecule has 148 valence electrons. The van der Waals surface area contributed by atoms with Crippen molar-refractivity contribution in [2.75, 3.05) is 39.9 Å². The Kier molecular flexibility index (Phi) is 7.55. The number of morpholine rings is 1. The third-order valence-electron chi connectivity index (χ3n) is 5.59. The number of ether oxygens (including phenoxy) is 2. The van der Waals surface area contributed by atoms with Crippen molar-refractivity contribution in [3.05, 3.63) is 0 Å². The number of aliphatic imine (C=N–C) groups is 1. The van der Waals surface area contributed by atoms with Crippen LogP contribution in [0, 0.1) is 0 Å². The maximum atomic E-state index is 12.1. The van der Waals surface area contributed by atoms with E-state index in [1.165, 1.54) is 19.3 Å². The van der Waals surface area contributed by atoms with E-state index in [0.29, 0.717) is 25.6 Å². The van der Waals surface area contributed by atoms with Gasteiger partial charge in [-0.25, -0.2) is 0 Å². The molecule has 3 fully saturated rings. The minimum Gasteiger partial charge on any atom is -0.375 e. The average molecular weight is 367 g/mol. The van der Waals surface area contributed by atoms with E-state index in [4.69, 9.17) is 9.47 Å². The van der Waals surface area contributed by atoms with E-state index < -0.39 is 0 Å². The van der Waals surface area contributed by atoms with E-state index in [-0.39, 0.29) is 18.1 Å². The molecule has 26 heavy (non-hydrogen) atoms. The molecule has 1 saturated carbocycles. The van der Waals surface area contributed by atoms with Crippen LogP contribution in [0.3, 0.4) is 0 Å². The molecule has 3 aliphatic rings. The van der Waals surface area contributed by atoms with Gasteiger partial charge in [0, 0.05) is 45.8 Å². The van der Waals surface area contributed by atoms with Crippen molar-refractivity contribution in [1.82, 2.24) is 15.5 Å². The van der Waals surface area contributed by atoms with Crippen LogP contribution in [0.4, 0.5) is 0 Å². The molecule has 0 aromatic heterocycles. The van der Waals surface area contributed by atoms with Crippen molar-refractivity contribution in [1.29, 1.82) is 0 Å². The second-order valence-corrected chi connectivity index (χ2v) is 7.53. The number of rotatable bonds is 5. The summed E-state index contributed by atoms with van der Waals surface area (Å²) in [6, 6.07) is 0.377. The molecule has 2 N–H and O–H groups in total. The lowest BCUT2D eigenvalue weighted by Gasteiger charge is -2.37. The minimum atomic E-state index is 0.111. The molecule has 0 bridgehead atoms. The fourth-order valence-corrected chi connectivity index (χ4v) is 4.16. The summed E-state index contributed by atoms with van der Waals surface area (Å²) < 4.78 is 11.7. The molecule has 2 aliphatic heterocycles. The van der Waals surface area contributed by atoms with Crippen LogP contribution in [0.25, 0.3) is 0 Å². The largest absolute Gasteiger partial charge is 0.375 e. The minimum absolute atomic E-state index is 0.111. The van der Waals surface area contributed by atoms with Gasteiger partial charge in [-0.2, -0.15) is 0 Å². The summed E-state index contributed by atoms with van der Waals surface area (Å²) in [6.45, 7) is 3.74. The second-order valence-electron chi connectivity index (χ2n) is 7.53. The fourth-order valence-electron chi connectivity index (χ4n) is 4.16. The Hall–Kier alpha value is -1.34. The van der Waals surface area contributed by atoms with Crippen LogP contribution in [-0.4, -0.2) is 74.9 Å². The van der Waals surface area contributed by atoms with Gasteiger partial charge in [0.25, 0.3) is 0 Å². The third-order valence-corrected chi connectivity index (χ3v) is 5.59. The van der Waals surface area contributed by atoms with Crippen LogP contribution in [-0.2, 0) is 14.3 Å². The number of nitrogens with zero attached hydrogens (tertiary/aromatic N) is 2. The summed E-state index contributed by atoms with van der Waals surface area (Å²) in [4.78, 5) is 18.7. The molecule has 0 radical (unpaired) electrons. The van der Waals surface area contributed by atoms with Crippen LogP contribution in [0.15, 0.2) is 4.99 Å². The molecule has 2 saturated heterocycles. The molecule has 2 heterocycles. The molecule has 7 nitrogen and oxygen atoms in total. The number of hydrogen-bond donors (Lipinski definition) is 2. The first kappa shape index (κ1) is 19.4. The van der Waals surface area contributed by atoms with Gasteiger partial charge in [0.15, 0.2) is 5.96 Å². The van der Waals surface area contributed by atoms with Gasteiger partial charge in [-0.1, -0.05) is 19.3 Å². The molecule has 2 atom stereocenters. The Morgan fingerprint density at radius 1 is 1.08 bits per heavy atom. The Morgan fingerprint density at radius 3 is 2.62 bits per heavy atom. The highest BCUT2D eigenvalue weighted by atomic mass is 16.5. The number of nitrogens with one attached hydrogen (secondary N) is 2. The molecule has 7 heteroatoms. The summed E-state index contributed by atoms with van der Waals surface area (Å²) in [5.41, 5.74) is 0. The standard InChI is InChI=1S/C19H34N4O3/c1-20-19(21-10-9-18(24)22-15-6-3-2-4-7-15)23-11-13-26-17(14-23)16-8-5-12-25-16/h15-17H,2-14H2,1H3,(H,20,21)(H,22,24). The van der Waals surface area contributed by atoms with Gasteiger partial charge in [0.1, 0.15) is 6.10 Å². The van der Waals surface area contributed by atoms with E-state index in [0.717, 1.165) is 51.3 Å². The average Bonchev–Trinajstić information content (AvgIpc) is 3.21. The molecular weight excluding hydrogens is 332 g/mol. The van der Waals surface area contributed by atoms with Crippen LogP contribution < -0.4 is 10.6 Å². The van der Waals surface area contributed by atoms with E-state index in [1.54, 1.807) is 7.05 Å². The molecule has 2 unspecified atom stereocenters. The van der Waals surface area contributed by atoms with Crippen molar-refractivity contribution in [3.8, 4) is 0 Å². The highest BCUT2D eigenvalue weighted by Gasteiger charge is 2.32. The molecule has 0 aromatic rings. The van der Waals surface area contributed by atoms with Crippen LogP contribution in [0.1, 0.15) is 51.4 Å². The number of carbonyl (C=O) groups is 1. The number of guanidine groups is 1. The molecule has 1 aliphatic carbocycles. The van der Waals surface area contributed by atoms with Crippen LogP contribution in [0.5, 0.6) is 0 Å². The van der Waals surface area contributed by atoms with Crippen molar-refractivity contribution >= 4 is 11.9 Å². The fraction of sp³-hybridized carbons (Fsp3) is 0.895. The zero-order valence-electron chi connectivity index (χ0n) is 16.0.